The number of hydrogen-bond acceptors (Lipinski definition) is 3. The smallest absolute Gasteiger partial charge is 0.456 e. The van der Waals surface area contributed by atoms with Crippen molar-refractivity contribution in [1.82, 2.24) is 24.1 Å². The Morgan fingerprint density at radius 3 is 1.49 bits per heavy atom. The minimum absolute atomic E-state index is 0. The quantitative estimate of drug-likeness (QED) is 0.135. The van der Waals surface area contributed by atoms with Gasteiger partial charge < -0.3 is 8.98 Å². The van der Waals surface area contributed by atoms with Gasteiger partial charge in [0.05, 0.1) is 17.9 Å². The van der Waals surface area contributed by atoms with Crippen LogP contribution in [0.1, 0.15) is 101 Å². The van der Waals surface area contributed by atoms with E-state index in [1.165, 1.54) is 33.4 Å². The maximum absolute atomic E-state index is 6.74. The standard InChI is InChI=1S/C54H51N5O.Pt/c1-34(2)43-19-14-20-44(35(3)4)53(43)38-30-55-57(32-38)40-16-13-17-42(28-40)59-49-23-10-12-25-52(49)60-51-24-11-9-18-48(51)47-27-26-41(29-50(47)59)58-33-39(31-56-58)54-45(36(5)6)21-15-22-46(54)37(7)8;/h9-27,30-37H,1-8H3;/q-2;+2. The van der Waals surface area contributed by atoms with E-state index >= 15 is 0 Å². The number of hydrogen-bond donors (Lipinski definition) is 0. The molecule has 0 radical (unpaired) electrons. The summed E-state index contributed by atoms with van der Waals surface area (Å²) in [7, 11) is 0. The van der Waals surface area contributed by atoms with Crippen molar-refractivity contribution >= 4 is 33.0 Å². The molecule has 61 heavy (non-hydrogen) atoms. The van der Waals surface area contributed by atoms with Crippen LogP contribution < -0.4 is 0 Å². The second-order valence-electron chi connectivity index (χ2n) is 17.0. The third kappa shape index (κ3) is 7.79. The Kier molecular flexibility index (Phi) is 11.8. The van der Waals surface area contributed by atoms with Crippen molar-refractivity contribution < 1.29 is 25.5 Å². The summed E-state index contributed by atoms with van der Waals surface area (Å²) < 4.78 is 12.8. The normalized spacial score (nSPS) is 11.7. The molecular weight excluding hydrogens is 930 g/mol. The molecule has 0 bridgehead atoms. The van der Waals surface area contributed by atoms with Gasteiger partial charge in [-0.2, -0.15) is 22.3 Å². The average molecular weight is 981 g/mol. The molecule has 0 unspecified atom stereocenters. The topological polar surface area (TPSA) is 53.7 Å². The fraction of sp³-hybridized carbons (Fsp3) is 0.222. The van der Waals surface area contributed by atoms with E-state index in [0.717, 1.165) is 61.2 Å². The van der Waals surface area contributed by atoms with Crippen LogP contribution in [0.5, 0.6) is 0 Å². The first-order valence-corrected chi connectivity index (χ1v) is 21.2. The summed E-state index contributed by atoms with van der Waals surface area (Å²) in [6.45, 7) is 18.1. The zero-order valence-corrected chi connectivity index (χ0v) is 38.3. The Labute approximate surface area is 373 Å². The summed E-state index contributed by atoms with van der Waals surface area (Å²) in [5.74, 6) is 1.49. The molecular formula is C54H51N5OPt. The van der Waals surface area contributed by atoms with E-state index in [1.54, 1.807) is 0 Å². The summed E-state index contributed by atoms with van der Waals surface area (Å²) in [5, 5.41) is 11.9. The summed E-state index contributed by atoms with van der Waals surface area (Å²) in [6.07, 6.45) is 8.27. The third-order valence-corrected chi connectivity index (χ3v) is 11.6. The van der Waals surface area contributed by atoms with E-state index in [-0.39, 0.29) is 21.1 Å². The largest absolute Gasteiger partial charge is 2.00 e. The molecule has 0 spiro atoms. The number of benzene rings is 6. The maximum atomic E-state index is 6.74. The molecule has 0 saturated carbocycles. The molecule has 0 aliphatic rings. The van der Waals surface area contributed by atoms with E-state index in [1.807, 2.05) is 52.1 Å². The monoisotopic (exact) mass is 980 g/mol. The van der Waals surface area contributed by atoms with Crippen LogP contribution in [0.15, 0.2) is 144 Å². The number of aromatic nitrogens is 5. The molecule has 0 aliphatic heterocycles. The number of fused-ring (bicyclic) bond motifs is 4. The van der Waals surface area contributed by atoms with E-state index in [9.17, 15) is 0 Å². The summed E-state index contributed by atoms with van der Waals surface area (Å²) >= 11 is 0. The van der Waals surface area contributed by atoms with Gasteiger partial charge in [-0.1, -0.05) is 133 Å². The van der Waals surface area contributed by atoms with E-state index in [0.29, 0.717) is 23.7 Å². The van der Waals surface area contributed by atoms with Crippen molar-refractivity contribution in [3.8, 4) is 39.3 Å². The van der Waals surface area contributed by atoms with Crippen LogP contribution in [-0.4, -0.2) is 24.1 Å². The van der Waals surface area contributed by atoms with Gasteiger partial charge >= 0.3 is 21.1 Å². The van der Waals surface area contributed by atoms with E-state index < -0.39 is 0 Å². The zero-order chi connectivity index (χ0) is 41.7. The van der Waals surface area contributed by atoms with Crippen LogP contribution in [-0.2, 0) is 21.1 Å². The predicted octanol–water partition coefficient (Wildman–Crippen LogP) is 14.5. The van der Waals surface area contributed by atoms with Gasteiger partial charge in [-0.3, -0.25) is 9.36 Å². The number of rotatable bonds is 9. The Bertz CT molecular complexity index is 3030. The Balaban J connectivity index is 0.00000514. The van der Waals surface area contributed by atoms with E-state index in [4.69, 9.17) is 14.6 Å². The van der Waals surface area contributed by atoms with Crippen LogP contribution in [0.2, 0.25) is 0 Å². The predicted molar refractivity (Wildman–Crippen MR) is 247 cm³/mol. The van der Waals surface area contributed by atoms with Gasteiger partial charge in [-0.25, -0.2) is 0 Å². The zero-order valence-electron chi connectivity index (χ0n) is 36.0. The molecule has 9 rings (SSSR count). The molecule has 6 aromatic carbocycles. The Morgan fingerprint density at radius 1 is 0.459 bits per heavy atom. The molecule has 3 aromatic heterocycles. The molecule has 0 amide bonds. The molecule has 0 N–H and O–H groups in total. The van der Waals surface area contributed by atoms with Gasteiger partial charge in [-0.05, 0) is 92.0 Å². The first-order valence-electron chi connectivity index (χ1n) is 21.2. The molecule has 308 valence electrons. The maximum Gasteiger partial charge on any atom is 2.00 e. The second kappa shape index (κ2) is 17.2. The fourth-order valence-corrected chi connectivity index (χ4v) is 8.64. The molecule has 6 nitrogen and oxygen atoms in total. The van der Waals surface area contributed by atoms with Crippen LogP contribution in [0.4, 0.5) is 0 Å². The Hall–Kier alpha value is -5.97. The minimum atomic E-state index is 0. The summed E-state index contributed by atoms with van der Waals surface area (Å²) in [5.41, 5.74) is 15.8. The van der Waals surface area contributed by atoms with Gasteiger partial charge in [0, 0.05) is 23.5 Å². The van der Waals surface area contributed by atoms with Crippen molar-refractivity contribution in [2.24, 2.45) is 0 Å². The molecule has 0 fully saturated rings. The SMILES string of the molecule is CC(C)c1cccc(C(C)C)c1-c1cnn(-c2[c-]c(-n3c4[c-]c(-n5cc(-c6c(C(C)C)cccc6C(C)C)cn5)ccc4c4ccccc4oc4ccccc43)ccc2)c1.[Pt+2]. The van der Waals surface area contributed by atoms with Crippen LogP contribution in [0.25, 0.3) is 72.3 Å². The number of nitrogens with zero attached hydrogens (tertiary/aromatic N) is 5. The molecule has 0 atom stereocenters. The van der Waals surface area contributed by atoms with Crippen molar-refractivity contribution in [3.63, 3.8) is 0 Å². The van der Waals surface area contributed by atoms with Gasteiger partial charge in [-0.15, -0.1) is 35.7 Å². The van der Waals surface area contributed by atoms with Gasteiger partial charge in [0.15, 0.2) is 5.58 Å². The Morgan fingerprint density at radius 2 is 0.934 bits per heavy atom. The fourth-order valence-electron chi connectivity index (χ4n) is 8.64. The van der Waals surface area contributed by atoms with Crippen molar-refractivity contribution in [2.75, 3.05) is 0 Å². The average Bonchev–Trinajstić information content (AvgIpc) is 3.95. The number of para-hydroxylation sites is 3. The second-order valence-corrected chi connectivity index (χ2v) is 17.0. The van der Waals surface area contributed by atoms with Crippen molar-refractivity contribution in [1.29, 1.82) is 0 Å². The first-order chi connectivity index (χ1) is 29.1. The first kappa shape index (κ1) is 41.7. The molecule has 0 saturated heterocycles. The molecule has 3 heterocycles. The molecule has 7 heteroatoms. The van der Waals surface area contributed by atoms with Crippen LogP contribution >= 0.6 is 0 Å². The minimum Gasteiger partial charge on any atom is -0.456 e. The summed E-state index contributed by atoms with van der Waals surface area (Å²) in [6, 6.07) is 47.9. The summed E-state index contributed by atoms with van der Waals surface area (Å²) in [4.78, 5) is 0. The van der Waals surface area contributed by atoms with Crippen molar-refractivity contribution in [3.05, 3.63) is 174 Å². The van der Waals surface area contributed by atoms with Crippen molar-refractivity contribution in [2.45, 2.75) is 79.1 Å². The molecule has 9 aromatic rings. The van der Waals surface area contributed by atoms with Crippen LogP contribution in [0.3, 0.4) is 0 Å². The van der Waals surface area contributed by atoms with Gasteiger partial charge in [0.25, 0.3) is 0 Å². The van der Waals surface area contributed by atoms with Gasteiger partial charge in [0.2, 0.25) is 0 Å². The van der Waals surface area contributed by atoms with Crippen LogP contribution in [0, 0.1) is 12.1 Å². The molecule has 0 aliphatic carbocycles. The van der Waals surface area contributed by atoms with E-state index in [2.05, 4.69) is 169 Å². The van der Waals surface area contributed by atoms with Gasteiger partial charge in [0.1, 0.15) is 5.58 Å². The third-order valence-electron chi connectivity index (χ3n) is 11.6.